The van der Waals surface area contributed by atoms with Gasteiger partial charge in [-0.1, -0.05) is 6.07 Å². The molecule has 0 aromatic carbocycles. The highest BCUT2D eigenvalue weighted by atomic mass is 16.5. The van der Waals surface area contributed by atoms with Crippen LogP contribution in [0, 0.1) is 0 Å². The number of ether oxygens (including phenoxy) is 1. The number of pyridine rings is 1. The summed E-state index contributed by atoms with van der Waals surface area (Å²) < 4.78 is 6.90. The summed E-state index contributed by atoms with van der Waals surface area (Å²) >= 11 is 0. The van der Waals surface area contributed by atoms with Gasteiger partial charge in [0.25, 0.3) is 0 Å². The van der Waals surface area contributed by atoms with Crippen molar-refractivity contribution in [3.8, 4) is 11.4 Å². The summed E-state index contributed by atoms with van der Waals surface area (Å²) in [5, 5.41) is 7.52. The summed E-state index contributed by atoms with van der Waals surface area (Å²) in [7, 11) is 0. The summed E-state index contributed by atoms with van der Waals surface area (Å²) in [6.45, 7) is 3.33. The van der Waals surface area contributed by atoms with Gasteiger partial charge in [-0.2, -0.15) is 5.10 Å². The van der Waals surface area contributed by atoms with Gasteiger partial charge < -0.3 is 10.1 Å². The average molecular weight is 314 g/mol. The second-order valence-corrected chi connectivity index (χ2v) is 5.57. The number of hydrogen-bond acceptors (Lipinski definition) is 4. The second-order valence-electron chi connectivity index (χ2n) is 5.57. The minimum atomic E-state index is -0.376. The molecule has 0 fully saturated rings. The molecule has 6 heteroatoms. The number of nitrogens with zero attached hydrogens (tertiary/aromatic N) is 3. The zero-order valence-corrected chi connectivity index (χ0v) is 13.4. The molecule has 0 spiro atoms. The van der Waals surface area contributed by atoms with E-state index in [0.29, 0.717) is 19.7 Å². The van der Waals surface area contributed by atoms with E-state index in [1.807, 2.05) is 22.9 Å². The lowest BCUT2D eigenvalue weighted by atomic mass is 9.95. The first-order chi connectivity index (χ1) is 11.3. The second kappa shape index (κ2) is 7.26. The number of alkyl carbamates (subject to hydrolysis) is 1. The van der Waals surface area contributed by atoms with E-state index in [1.165, 1.54) is 24.1 Å². The van der Waals surface area contributed by atoms with Crippen LogP contribution in [0.1, 0.15) is 31.0 Å². The van der Waals surface area contributed by atoms with Gasteiger partial charge in [0.15, 0.2) is 0 Å². The maximum atomic E-state index is 11.4. The molecule has 1 aliphatic carbocycles. The lowest BCUT2D eigenvalue weighted by Gasteiger charge is -2.14. The van der Waals surface area contributed by atoms with Crippen molar-refractivity contribution in [2.45, 2.75) is 39.2 Å². The predicted molar refractivity (Wildman–Crippen MR) is 87.1 cm³/mol. The average Bonchev–Trinajstić information content (AvgIpc) is 2.95. The molecule has 1 aliphatic rings. The summed E-state index contributed by atoms with van der Waals surface area (Å²) in [5.74, 6) is 0. The Morgan fingerprint density at radius 3 is 3.00 bits per heavy atom. The van der Waals surface area contributed by atoms with E-state index >= 15 is 0 Å². The topological polar surface area (TPSA) is 69.0 Å². The summed E-state index contributed by atoms with van der Waals surface area (Å²) in [4.78, 5) is 15.8. The van der Waals surface area contributed by atoms with E-state index in [-0.39, 0.29) is 6.09 Å². The van der Waals surface area contributed by atoms with Crippen molar-refractivity contribution in [1.29, 1.82) is 0 Å². The molecular weight excluding hydrogens is 292 g/mol. The highest BCUT2D eigenvalue weighted by molar-refractivity contribution is 5.67. The monoisotopic (exact) mass is 314 g/mol. The lowest BCUT2D eigenvalue weighted by molar-refractivity contribution is 0.151. The molecule has 0 saturated heterocycles. The minimum absolute atomic E-state index is 0.376. The predicted octanol–water partition coefficient (Wildman–Crippen LogP) is 2.57. The van der Waals surface area contributed by atoms with Gasteiger partial charge in [-0.3, -0.25) is 9.67 Å². The highest BCUT2D eigenvalue weighted by Gasteiger charge is 2.22. The largest absolute Gasteiger partial charge is 0.450 e. The Morgan fingerprint density at radius 2 is 2.22 bits per heavy atom. The van der Waals surface area contributed by atoms with Crippen LogP contribution in [0.4, 0.5) is 4.79 Å². The number of carbonyl (C=O) groups is 1. The van der Waals surface area contributed by atoms with E-state index in [2.05, 4.69) is 10.3 Å². The maximum absolute atomic E-state index is 11.4. The third-order valence-corrected chi connectivity index (χ3v) is 4.03. The minimum Gasteiger partial charge on any atom is -0.450 e. The lowest BCUT2D eigenvalue weighted by Crippen LogP contribution is -2.28. The van der Waals surface area contributed by atoms with Gasteiger partial charge in [0, 0.05) is 24.0 Å². The first kappa shape index (κ1) is 15.5. The maximum Gasteiger partial charge on any atom is 0.407 e. The van der Waals surface area contributed by atoms with Crippen LogP contribution < -0.4 is 5.32 Å². The molecule has 6 nitrogen and oxygen atoms in total. The van der Waals surface area contributed by atoms with Gasteiger partial charge in [0.1, 0.15) is 5.69 Å². The first-order valence-corrected chi connectivity index (χ1v) is 8.20. The van der Waals surface area contributed by atoms with Gasteiger partial charge in [-0.05, 0) is 44.7 Å². The molecule has 122 valence electrons. The van der Waals surface area contributed by atoms with Crippen molar-refractivity contribution in [3.63, 3.8) is 0 Å². The van der Waals surface area contributed by atoms with Crippen LogP contribution in [0.25, 0.3) is 11.4 Å². The SMILES string of the molecule is CCOC(=O)NCCn1nc(-c2ccccn2)c2c1CCCC2. The number of carbonyl (C=O) groups excluding carboxylic acids is 1. The fraction of sp³-hybridized carbons (Fsp3) is 0.471. The number of hydrogen-bond donors (Lipinski definition) is 1. The van der Waals surface area contributed by atoms with E-state index in [9.17, 15) is 4.79 Å². The molecule has 0 atom stereocenters. The van der Waals surface area contributed by atoms with Crippen LogP contribution >= 0.6 is 0 Å². The van der Waals surface area contributed by atoms with Crippen LogP contribution in [-0.4, -0.2) is 34.0 Å². The molecule has 2 aromatic heterocycles. The van der Waals surface area contributed by atoms with Crippen LogP contribution in [0.3, 0.4) is 0 Å². The van der Waals surface area contributed by atoms with Crippen LogP contribution in [0.5, 0.6) is 0 Å². The van der Waals surface area contributed by atoms with E-state index < -0.39 is 0 Å². The number of rotatable bonds is 5. The van der Waals surface area contributed by atoms with E-state index in [4.69, 9.17) is 9.84 Å². The van der Waals surface area contributed by atoms with Gasteiger partial charge >= 0.3 is 6.09 Å². The third-order valence-electron chi connectivity index (χ3n) is 4.03. The Kier molecular flexibility index (Phi) is 4.90. The quantitative estimate of drug-likeness (QED) is 0.921. The molecule has 1 N–H and O–H groups in total. The smallest absolute Gasteiger partial charge is 0.407 e. The summed E-state index contributed by atoms with van der Waals surface area (Å²) in [5.41, 5.74) is 4.49. The molecule has 2 heterocycles. The normalized spacial score (nSPS) is 13.4. The number of nitrogens with one attached hydrogen (secondary N) is 1. The number of fused-ring (bicyclic) bond motifs is 1. The molecule has 1 amide bonds. The van der Waals surface area contributed by atoms with Crippen molar-refractivity contribution in [3.05, 3.63) is 35.7 Å². The van der Waals surface area contributed by atoms with Gasteiger partial charge in [-0.25, -0.2) is 4.79 Å². The highest BCUT2D eigenvalue weighted by Crippen LogP contribution is 2.30. The van der Waals surface area contributed by atoms with Crippen molar-refractivity contribution in [1.82, 2.24) is 20.1 Å². The Labute approximate surface area is 135 Å². The van der Waals surface area contributed by atoms with Crippen LogP contribution in [0.2, 0.25) is 0 Å². The van der Waals surface area contributed by atoms with Crippen molar-refractivity contribution in [2.75, 3.05) is 13.2 Å². The third kappa shape index (κ3) is 3.52. The summed E-state index contributed by atoms with van der Waals surface area (Å²) in [6.07, 6.45) is 5.89. The van der Waals surface area contributed by atoms with Crippen molar-refractivity contribution < 1.29 is 9.53 Å². The zero-order chi connectivity index (χ0) is 16.1. The van der Waals surface area contributed by atoms with Crippen molar-refractivity contribution in [2.24, 2.45) is 0 Å². The molecule has 0 unspecified atom stereocenters. The zero-order valence-electron chi connectivity index (χ0n) is 13.4. The molecule has 0 radical (unpaired) electrons. The molecule has 0 saturated carbocycles. The molecule has 0 aliphatic heterocycles. The molecular formula is C17H22N4O2. The molecule has 2 aromatic rings. The Morgan fingerprint density at radius 1 is 1.35 bits per heavy atom. The van der Waals surface area contributed by atoms with Crippen LogP contribution in [-0.2, 0) is 24.1 Å². The molecule has 23 heavy (non-hydrogen) atoms. The number of aromatic nitrogens is 3. The fourth-order valence-electron chi connectivity index (χ4n) is 3.01. The number of amides is 1. The summed E-state index contributed by atoms with van der Waals surface area (Å²) in [6, 6.07) is 5.90. The standard InChI is InChI=1S/C17H22N4O2/c1-2-23-17(22)19-11-12-21-15-9-4-3-7-13(15)16(20-21)14-8-5-6-10-18-14/h5-6,8,10H,2-4,7,9,11-12H2,1H3,(H,19,22). The first-order valence-electron chi connectivity index (χ1n) is 8.20. The molecule has 3 rings (SSSR count). The Hall–Kier alpha value is -2.37. The van der Waals surface area contributed by atoms with Gasteiger partial charge in [0.05, 0.1) is 18.8 Å². The van der Waals surface area contributed by atoms with Crippen LogP contribution in [0.15, 0.2) is 24.4 Å². The van der Waals surface area contributed by atoms with Crippen molar-refractivity contribution >= 4 is 6.09 Å². The Balaban J connectivity index is 1.78. The van der Waals surface area contributed by atoms with Gasteiger partial charge in [-0.15, -0.1) is 0 Å². The fourth-order valence-corrected chi connectivity index (χ4v) is 3.01. The Bertz CT molecular complexity index is 667. The molecule has 0 bridgehead atoms. The van der Waals surface area contributed by atoms with E-state index in [0.717, 1.165) is 24.2 Å². The van der Waals surface area contributed by atoms with E-state index in [1.54, 1.807) is 13.1 Å². The van der Waals surface area contributed by atoms with Gasteiger partial charge in [0.2, 0.25) is 0 Å².